The molecule has 3 aromatic heterocycles. The van der Waals surface area contributed by atoms with E-state index < -0.39 is 0 Å². The molecule has 10 heteroatoms. The molecule has 6 aromatic rings. The number of phenolic OH excluding ortho intramolecular Hbond substituents is 3. The van der Waals surface area contributed by atoms with E-state index in [-0.39, 0.29) is 37.0 Å². The van der Waals surface area contributed by atoms with Crippen molar-refractivity contribution in [3.8, 4) is 17.2 Å². The topological polar surface area (TPSA) is 99.4 Å². The second kappa shape index (κ2) is 12.9. The Morgan fingerprint density at radius 3 is 0.946 bits per heavy atom. The van der Waals surface area contributed by atoms with Gasteiger partial charge >= 0.3 is 19.8 Å². The molecule has 0 aliphatic carbocycles. The number of aromatic nitrogens is 3. The number of fused-ring (bicyclic) bond motifs is 3. The van der Waals surface area contributed by atoms with Crippen molar-refractivity contribution in [2.45, 2.75) is 0 Å². The summed E-state index contributed by atoms with van der Waals surface area (Å²) in [6, 6.07) is 20.4. The van der Waals surface area contributed by atoms with E-state index in [9.17, 15) is 15.3 Å². The summed E-state index contributed by atoms with van der Waals surface area (Å²) in [6.07, 6.45) is 4.87. The van der Waals surface area contributed by atoms with E-state index >= 15 is 0 Å². The van der Waals surface area contributed by atoms with Gasteiger partial charge in [0, 0.05) is 34.7 Å². The van der Waals surface area contributed by atoms with Gasteiger partial charge in [0.25, 0.3) is 0 Å². The van der Waals surface area contributed by atoms with Crippen molar-refractivity contribution in [2.24, 2.45) is 0 Å². The Hall–Kier alpha value is -3.20. The second-order valence-corrected chi connectivity index (χ2v) is 8.62. The molecule has 37 heavy (non-hydrogen) atoms. The van der Waals surface area contributed by atoms with Gasteiger partial charge in [0.05, 0.1) is 15.1 Å². The maximum Gasteiger partial charge on any atom is 3.00 e. The van der Waals surface area contributed by atoms with Crippen LogP contribution in [0.2, 0.25) is 15.1 Å². The molecule has 6 nitrogen and oxygen atoms in total. The number of benzene rings is 3. The number of phenols is 3. The zero-order valence-electron chi connectivity index (χ0n) is 19.1. The number of aromatic hydroxyl groups is 3. The van der Waals surface area contributed by atoms with Crippen molar-refractivity contribution in [3.05, 3.63) is 106 Å². The van der Waals surface area contributed by atoms with Gasteiger partial charge in [0.1, 0.15) is 33.8 Å². The number of halogens is 3. The molecule has 0 saturated carbocycles. The Bertz CT molecular complexity index is 1370. The molecule has 0 fully saturated rings. The van der Waals surface area contributed by atoms with Crippen LogP contribution in [0.1, 0.15) is 0 Å². The molecular formula is C27H18Cl3GaN3O3+3. The molecule has 0 radical (unpaired) electrons. The van der Waals surface area contributed by atoms with Crippen molar-refractivity contribution in [1.82, 2.24) is 15.0 Å². The van der Waals surface area contributed by atoms with Gasteiger partial charge < -0.3 is 15.3 Å². The minimum absolute atomic E-state index is 0. The summed E-state index contributed by atoms with van der Waals surface area (Å²) in [5, 5.41) is 32.3. The van der Waals surface area contributed by atoms with Crippen LogP contribution in [0.5, 0.6) is 17.2 Å². The van der Waals surface area contributed by atoms with Crippen molar-refractivity contribution in [3.63, 3.8) is 0 Å². The number of nitrogens with zero attached hydrogens (tertiary/aromatic N) is 3. The van der Waals surface area contributed by atoms with Crippen LogP contribution in [0, 0.1) is 0 Å². The van der Waals surface area contributed by atoms with E-state index in [2.05, 4.69) is 15.0 Å². The predicted molar refractivity (Wildman–Crippen MR) is 151 cm³/mol. The largest absolute Gasteiger partial charge is 3.00 e. The van der Waals surface area contributed by atoms with Crippen LogP contribution < -0.4 is 0 Å². The van der Waals surface area contributed by atoms with E-state index in [1.54, 1.807) is 55.0 Å². The zero-order valence-corrected chi connectivity index (χ0v) is 23.7. The molecule has 3 aromatic carbocycles. The molecule has 0 bridgehead atoms. The molecule has 0 aliphatic rings. The molecule has 0 atom stereocenters. The average molecular weight is 609 g/mol. The number of hydrogen-bond acceptors (Lipinski definition) is 6. The zero-order chi connectivity index (χ0) is 25.7. The molecule has 3 heterocycles. The fourth-order valence-electron chi connectivity index (χ4n) is 3.37. The molecule has 0 aliphatic heterocycles. The van der Waals surface area contributed by atoms with Gasteiger partial charge in [0.2, 0.25) is 0 Å². The van der Waals surface area contributed by atoms with Crippen LogP contribution in [0.4, 0.5) is 0 Å². The van der Waals surface area contributed by atoms with Crippen molar-refractivity contribution < 1.29 is 15.3 Å². The number of hydrogen-bond donors (Lipinski definition) is 3. The van der Waals surface area contributed by atoms with Crippen LogP contribution in [0.25, 0.3) is 32.7 Å². The SMILES string of the molecule is Oc1ccc(Cl)c2cccnc12.Oc1ccc(Cl)c2cccnc12.Oc1ccc(Cl)c2cccnc12.[Ga+3]. The molecule has 0 spiro atoms. The first-order chi connectivity index (χ1) is 17.4. The molecule has 6 rings (SSSR count). The van der Waals surface area contributed by atoms with Crippen LogP contribution in [0.3, 0.4) is 0 Å². The van der Waals surface area contributed by atoms with Gasteiger partial charge in [-0.05, 0) is 72.8 Å². The first kappa shape index (κ1) is 28.4. The van der Waals surface area contributed by atoms with Gasteiger partial charge in [-0.15, -0.1) is 0 Å². The summed E-state index contributed by atoms with van der Waals surface area (Å²) in [6.45, 7) is 0. The van der Waals surface area contributed by atoms with E-state index in [4.69, 9.17) is 34.8 Å². The molecule has 3 N–H and O–H groups in total. The van der Waals surface area contributed by atoms with Crippen molar-refractivity contribution >= 4 is 87.3 Å². The summed E-state index contributed by atoms with van der Waals surface area (Å²) >= 11 is 17.6. The fourth-order valence-corrected chi connectivity index (χ4v) is 4.02. The third kappa shape index (κ3) is 6.57. The maximum atomic E-state index is 9.37. The van der Waals surface area contributed by atoms with Crippen LogP contribution >= 0.6 is 34.8 Å². The maximum absolute atomic E-state index is 9.37. The monoisotopic (exact) mass is 606 g/mol. The van der Waals surface area contributed by atoms with E-state index in [1.165, 1.54) is 18.2 Å². The molecule has 0 amide bonds. The van der Waals surface area contributed by atoms with E-state index in [1.807, 2.05) is 18.2 Å². The van der Waals surface area contributed by atoms with Gasteiger partial charge in [-0.3, -0.25) is 15.0 Å². The third-order valence-corrected chi connectivity index (χ3v) is 6.07. The summed E-state index contributed by atoms with van der Waals surface area (Å²) < 4.78 is 0. The third-order valence-electron chi connectivity index (χ3n) is 5.09. The van der Waals surface area contributed by atoms with Crippen molar-refractivity contribution in [1.29, 1.82) is 0 Å². The second-order valence-electron chi connectivity index (χ2n) is 7.40. The van der Waals surface area contributed by atoms with Crippen LogP contribution in [-0.4, -0.2) is 50.1 Å². The minimum atomic E-state index is 0. The molecule has 0 unspecified atom stereocenters. The minimum Gasteiger partial charge on any atom is -0.506 e. The normalized spacial score (nSPS) is 10.1. The van der Waals surface area contributed by atoms with Gasteiger partial charge in [-0.1, -0.05) is 34.8 Å². The quantitative estimate of drug-likeness (QED) is 0.156. The van der Waals surface area contributed by atoms with Gasteiger partial charge in [-0.25, -0.2) is 0 Å². The average Bonchev–Trinajstić information content (AvgIpc) is 2.92. The first-order valence-electron chi connectivity index (χ1n) is 10.5. The number of rotatable bonds is 0. The summed E-state index contributed by atoms with van der Waals surface area (Å²) in [7, 11) is 0. The Morgan fingerprint density at radius 2 is 0.703 bits per heavy atom. The van der Waals surface area contributed by atoms with Gasteiger partial charge in [-0.2, -0.15) is 0 Å². The van der Waals surface area contributed by atoms with Crippen LogP contribution in [0.15, 0.2) is 91.4 Å². The Balaban J connectivity index is 0.000000152. The molecule has 0 saturated heterocycles. The van der Waals surface area contributed by atoms with E-state index in [0.717, 1.165) is 16.2 Å². The first-order valence-corrected chi connectivity index (χ1v) is 11.7. The Labute approximate surface area is 240 Å². The summed E-state index contributed by atoms with van der Waals surface area (Å²) in [5.41, 5.74) is 1.64. The standard InChI is InChI=1S/3C9H6ClNO.Ga/c3*10-7-3-4-8(12)9-6(7)2-1-5-11-9;/h3*1-5,12H;/q;;;+3. The summed E-state index contributed by atoms with van der Waals surface area (Å²) in [4.78, 5) is 12.0. The fraction of sp³-hybridized carbons (Fsp3) is 0. The predicted octanol–water partition coefficient (Wildman–Crippen LogP) is 7.40. The molecular weight excluding hydrogens is 590 g/mol. The molecule has 180 valence electrons. The Kier molecular flexibility index (Phi) is 9.85. The van der Waals surface area contributed by atoms with Gasteiger partial charge in [0.15, 0.2) is 0 Å². The van der Waals surface area contributed by atoms with E-state index in [0.29, 0.717) is 31.6 Å². The summed E-state index contributed by atoms with van der Waals surface area (Å²) in [5.74, 6) is 0.486. The van der Waals surface area contributed by atoms with Crippen molar-refractivity contribution in [2.75, 3.05) is 0 Å². The Morgan fingerprint density at radius 1 is 0.432 bits per heavy atom. The van der Waals surface area contributed by atoms with Crippen LogP contribution in [-0.2, 0) is 0 Å². The smallest absolute Gasteiger partial charge is 0.506 e. The number of pyridine rings is 3.